The Balaban J connectivity index is 0.000000149. The van der Waals surface area contributed by atoms with Crippen LogP contribution in [0.1, 0.15) is 206 Å². The van der Waals surface area contributed by atoms with Crippen molar-refractivity contribution < 1.29 is 57.3 Å². The number of hydrogen-bond acceptors (Lipinski definition) is 20. The molecule has 0 saturated heterocycles. The van der Waals surface area contributed by atoms with Gasteiger partial charge in [0.15, 0.2) is 11.6 Å². The fourth-order valence-corrected chi connectivity index (χ4v) is 17.3. The zero-order chi connectivity index (χ0) is 92.8. The number of amides is 1. The standard InChI is InChI=1S/2C26H26ClN3O3.C25H25ClN4O3.C25H24ClN3O3/c1-3-10-21-24(26(32)33-4-2)23(18-13-8-9-14-20(18)27)19-16-30(29-25(19)28-21)22(31)15-17-11-6-5-7-12-17;1-3-10-21-24(26(32)33-4-2)23(18-13-8-9-14-20(18)27)19-16-28-30(25(19)29-21)22(31)15-17-11-6-5-7-12-17;1-3-10-20-22(24(31)33-4-2)21(17-13-8-9-14-19(17)26)18-15-27-30(23(18)29-20)25(32)28-16-11-6-5-7-12-16;1-3-10-20-22(25(31)32-4-2)21(17-13-8-9-14-19(17)26)18-15-29(28-23(18)27-20)24(30)16-11-6-5-7-12-16/h5-9,11-14,16,23H,3-4,10,15H2,1-2H3,(H,28,29);5-9,11-14,16,23,29H,3-4,10,15H2,1-2H3;5-9,11-15,21,29H,3-4,10H2,1-2H3,(H,28,32);5-9,11-15,21H,3-4,10H2,1-2H3,(H,27,28). The van der Waals surface area contributed by atoms with E-state index in [0.29, 0.717) is 131 Å². The van der Waals surface area contributed by atoms with E-state index in [-0.39, 0.29) is 57.0 Å². The molecule has 0 spiro atoms. The second-order valence-electron chi connectivity index (χ2n) is 30.8. The summed E-state index contributed by atoms with van der Waals surface area (Å²) in [6.07, 6.45) is 12.8. The first-order valence-corrected chi connectivity index (χ1v) is 45.3. The molecular weight excluding hydrogens is 1740 g/mol. The van der Waals surface area contributed by atoms with Gasteiger partial charge < -0.3 is 45.5 Å². The normalized spacial score (nSPS) is 15.1. The molecule has 12 aromatic rings. The summed E-state index contributed by atoms with van der Waals surface area (Å²) in [5, 5.41) is 36.1. The zero-order valence-corrected chi connectivity index (χ0v) is 76.8. The minimum atomic E-state index is -0.520. The second-order valence-corrected chi connectivity index (χ2v) is 32.5. The highest BCUT2D eigenvalue weighted by Crippen LogP contribution is 2.50. The number of carbonyl (C=O) groups is 8. The molecule has 4 unspecified atom stereocenters. The van der Waals surface area contributed by atoms with Crippen LogP contribution in [0.15, 0.2) is 288 Å². The first-order valence-electron chi connectivity index (χ1n) is 43.8. The van der Waals surface area contributed by atoms with Gasteiger partial charge in [-0.25, -0.2) is 33.3 Å². The molecule has 8 aromatic carbocycles. The van der Waals surface area contributed by atoms with Gasteiger partial charge in [0.05, 0.1) is 74.0 Å². The fourth-order valence-electron chi connectivity index (χ4n) is 16.3. The molecular formula is C102H101Cl4N13O12. The average molecular weight is 1840 g/mol. The number of halogens is 4. The first kappa shape index (κ1) is 94.9. The van der Waals surface area contributed by atoms with E-state index in [2.05, 4.69) is 47.0 Å². The van der Waals surface area contributed by atoms with Crippen molar-refractivity contribution >= 4 is 123 Å². The predicted octanol–water partition coefficient (Wildman–Crippen LogP) is 22.4. The predicted molar refractivity (Wildman–Crippen MR) is 509 cm³/mol. The van der Waals surface area contributed by atoms with Gasteiger partial charge >= 0.3 is 29.9 Å². The van der Waals surface area contributed by atoms with E-state index in [1.54, 1.807) is 113 Å². The van der Waals surface area contributed by atoms with E-state index in [1.165, 1.54) is 18.7 Å². The van der Waals surface area contributed by atoms with Crippen LogP contribution in [0.5, 0.6) is 0 Å². The molecule has 16 rings (SSSR count). The molecule has 5 N–H and O–H groups in total. The minimum Gasteiger partial charge on any atom is -0.463 e. The van der Waals surface area contributed by atoms with Crippen molar-refractivity contribution in [3.05, 3.63) is 370 Å². The number of allylic oxidation sites excluding steroid dienone is 4. The van der Waals surface area contributed by atoms with Gasteiger partial charge in [-0.1, -0.05) is 270 Å². The van der Waals surface area contributed by atoms with Crippen LogP contribution >= 0.6 is 46.4 Å². The Morgan fingerprint density at radius 3 is 1.02 bits per heavy atom. The summed E-state index contributed by atoms with van der Waals surface area (Å²) in [6, 6.07) is 66.4. The molecule has 4 atom stereocenters. The van der Waals surface area contributed by atoms with E-state index < -0.39 is 53.6 Å². The number of nitrogens with one attached hydrogen (secondary N) is 5. The number of para-hydroxylation sites is 1. The summed E-state index contributed by atoms with van der Waals surface area (Å²) >= 11 is 26.3. The highest BCUT2D eigenvalue weighted by molar-refractivity contribution is 6.33. The van der Waals surface area contributed by atoms with Crippen LogP contribution in [-0.2, 0) is 51.0 Å². The van der Waals surface area contributed by atoms with Gasteiger partial charge in [0.25, 0.3) is 17.7 Å². The van der Waals surface area contributed by atoms with Crippen LogP contribution < -0.4 is 26.6 Å². The summed E-state index contributed by atoms with van der Waals surface area (Å²) in [6.45, 7) is 16.3. The van der Waals surface area contributed by atoms with E-state index in [9.17, 15) is 38.4 Å². The lowest BCUT2D eigenvalue weighted by molar-refractivity contribution is -0.139. The van der Waals surface area contributed by atoms with Crippen LogP contribution in [0.3, 0.4) is 0 Å². The average Bonchev–Trinajstić information content (AvgIpc) is 1.66. The quantitative estimate of drug-likeness (QED) is 0.0248. The van der Waals surface area contributed by atoms with Gasteiger partial charge in [-0.15, -0.1) is 10.2 Å². The van der Waals surface area contributed by atoms with Crippen molar-refractivity contribution in [2.24, 2.45) is 0 Å². The summed E-state index contributed by atoms with van der Waals surface area (Å²) < 4.78 is 27.0. The lowest BCUT2D eigenvalue weighted by Crippen LogP contribution is -2.28. The topological polar surface area (TPSA) is 305 Å². The molecule has 0 bridgehead atoms. The number of anilines is 5. The Labute approximate surface area is 780 Å². The van der Waals surface area contributed by atoms with Crippen LogP contribution in [0.4, 0.5) is 33.8 Å². The lowest BCUT2D eigenvalue weighted by Gasteiger charge is -2.30. The summed E-state index contributed by atoms with van der Waals surface area (Å²) in [5.74, 6) is -2.03. The Morgan fingerprint density at radius 2 is 0.649 bits per heavy atom. The summed E-state index contributed by atoms with van der Waals surface area (Å²) in [7, 11) is 0. The molecule has 674 valence electrons. The number of esters is 4. The lowest BCUT2D eigenvalue weighted by atomic mass is 9.82. The SMILES string of the molecule is CCCC1=C(C(=O)OCC)C(c2ccccc2Cl)c2cn(C(=O)Cc3ccccc3)nc2N1.CCCC1=C(C(=O)OCC)C(c2ccccc2Cl)c2cn(C(=O)c3ccccc3)nc2N1.CCCC1=C(C(=O)OCC)C(c2ccccc2Cl)c2cnn(C(=O)Cc3ccccc3)c2N1.CCCC1=C(C(=O)OCC)C(c2ccccc2Cl)c2cnn(C(=O)Nc3ccccc3)c2N1. The molecule has 131 heavy (non-hydrogen) atoms. The van der Waals surface area contributed by atoms with E-state index in [4.69, 9.17) is 65.4 Å². The van der Waals surface area contributed by atoms with E-state index in [0.717, 1.165) is 76.2 Å². The zero-order valence-electron chi connectivity index (χ0n) is 73.8. The smallest absolute Gasteiger partial charge is 0.348 e. The number of hydrogen-bond donors (Lipinski definition) is 5. The molecule has 0 aliphatic carbocycles. The minimum absolute atomic E-state index is 0.162. The molecule has 25 nitrogen and oxygen atoms in total. The third-order valence-electron chi connectivity index (χ3n) is 22.0. The van der Waals surface area contributed by atoms with E-state index in [1.807, 2.05) is 185 Å². The fraction of sp³-hybridized carbons (Fsp3) is 0.255. The maximum atomic E-state index is 13.2. The van der Waals surface area contributed by atoms with Crippen molar-refractivity contribution in [1.29, 1.82) is 0 Å². The Morgan fingerprint density at radius 1 is 0.344 bits per heavy atom. The maximum absolute atomic E-state index is 13.2. The van der Waals surface area contributed by atoms with Crippen molar-refractivity contribution in [1.82, 2.24) is 39.1 Å². The number of nitrogens with zero attached hydrogens (tertiary/aromatic N) is 8. The maximum Gasteiger partial charge on any atom is 0.348 e. The third kappa shape index (κ3) is 21.7. The van der Waals surface area contributed by atoms with Crippen LogP contribution in [0.2, 0.25) is 20.1 Å². The largest absolute Gasteiger partial charge is 0.463 e. The van der Waals surface area contributed by atoms with Crippen LogP contribution in [0, 0.1) is 0 Å². The van der Waals surface area contributed by atoms with Crippen molar-refractivity contribution in [3.8, 4) is 0 Å². The van der Waals surface area contributed by atoms with Gasteiger partial charge in [0, 0.05) is 112 Å². The number of rotatable bonds is 26. The second kappa shape index (κ2) is 45.0. The van der Waals surface area contributed by atoms with Crippen molar-refractivity contribution in [2.45, 2.75) is 143 Å². The Bertz CT molecular complexity index is 6050. The highest BCUT2D eigenvalue weighted by atomic mass is 35.5. The summed E-state index contributed by atoms with van der Waals surface area (Å²) in [5.41, 5.74) is 13.8. The molecule has 4 aliphatic heterocycles. The first-order chi connectivity index (χ1) is 63.7. The van der Waals surface area contributed by atoms with Gasteiger partial charge in [0.2, 0.25) is 0 Å². The van der Waals surface area contributed by atoms with Gasteiger partial charge in [-0.3, -0.25) is 14.4 Å². The molecule has 0 radical (unpaired) electrons. The van der Waals surface area contributed by atoms with Crippen molar-refractivity contribution in [3.63, 3.8) is 0 Å². The molecule has 4 aliphatic rings. The number of carbonyl (C=O) groups excluding carboxylic acids is 8. The van der Waals surface area contributed by atoms with Gasteiger partial charge in [-0.05, 0) is 135 Å². The van der Waals surface area contributed by atoms with Gasteiger partial charge in [0.1, 0.15) is 11.6 Å². The monoisotopic (exact) mass is 1840 g/mol. The number of ether oxygens (including phenoxy) is 4. The molecule has 0 fully saturated rings. The van der Waals surface area contributed by atoms with Crippen molar-refractivity contribution in [2.75, 3.05) is 53.0 Å². The third-order valence-corrected chi connectivity index (χ3v) is 23.4. The van der Waals surface area contributed by atoms with Crippen LogP contribution in [0.25, 0.3) is 0 Å². The summed E-state index contributed by atoms with van der Waals surface area (Å²) in [4.78, 5) is 105. The number of fused-ring (bicyclic) bond motifs is 4. The Hall–Kier alpha value is -13.7. The molecule has 0 saturated carbocycles. The number of aromatic nitrogens is 8. The van der Waals surface area contributed by atoms with Crippen LogP contribution in [-0.4, -0.2) is 113 Å². The van der Waals surface area contributed by atoms with E-state index >= 15 is 0 Å². The molecule has 4 aromatic heterocycles. The molecule has 1 amide bonds. The molecule has 29 heteroatoms. The highest BCUT2D eigenvalue weighted by Gasteiger charge is 2.43. The van der Waals surface area contributed by atoms with Gasteiger partial charge in [-0.2, -0.15) is 19.6 Å². The molecule has 8 heterocycles. The number of benzene rings is 8. The Kier molecular flexibility index (Phi) is 32.6.